The Morgan fingerprint density at radius 3 is 2.00 bits per heavy atom. The van der Waals surface area contributed by atoms with E-state index in [-0.39, 0.29) is 22.6 Å². The number of rotatable bonds is 3. The lowest BCUT2D eigenvalue weighted by Crippen LogP contribution is -2.57. The first-order valence-electron chi connectivity index (χ1n) is 8.13. The van der Waals surface area contributed by atoms with Crippen molar-refractivity contribution in [2.24, 2.45) is 16.7 Å². The van der Waals surface area contributed by atoms with E-state index in [1.54, 1.807) is 0 Å². The predicted molar refractivity (Wildman–Crippen MR) is 83.7 cm³/mol. The lowest BCUT2D eigenvalue weighted by molar-refractivity contribution is -0.152. The molecule has 0 N–H and O–H groups in total. The van der Waals surface area contributed by atoms with Crippen LogP contribution in [0.15, 0.2) is 0 Å². The lowest BCUT2D eigenvalue weighted by atomic mass is 9.77. The first-order chi connectivity index (χ1) is 9.52. The molecule has 0 saturated carbocycles. The van der Waals surface area contributed by atoms with Crippen molar-refractivity contribution in [3.63, 3.8) is 0 Å². The minimum absolute atomic E-state index is 0.222. The Morgan fingerprint density at radius 1 is 1.05 bits per heavy atom. The summed E-state index contributed by atoms with van der Waals surface area (Å²) in [6, 6.07) is 0.400. The molecule has 2 fully saturated rings. The van der Waals surface area contributed by atoms with E-state index < -0.39 is 0 Å². The Labute approximate surface area is 128 Å². The van der Waals surface area contributed by atoms with Gasteiger partial charge in [-0.1, -0.05) is 34.6 Å². The second kappa shape index (κ2) is 5.29. The van der Waals surface area contributed by atoms with Crippen molar-refractivity contribution < 1.29 is 9.59 Å². The fourth-order valence-electron chi connectivity index (χ4n) is 3.36. The lowest BCUT2D eigenvalue weighted by Gasteiger charge is -2.47. The molecule has 0 aromatic heterocycles. The Bertz CT molecular complexity index is 431. The summed E-state index contributed by atoms with van der Waals surface area (Å²) < 4.78 is 0. The van der Waals surface area contributed by atoms with Crippen LogP contribution in [0, 0.1) is 16.7 Å². The van der Waals surface area contributed by atoms with E-state index in [9.17, 15) is 9.59 Å². The second-order valence-corrected chi connectivity index (χ2v) is 8.55. The first-order valence-corrected chi connectivity index (χ1v) is 8.13. The zero-order valence-corrected chi connectivity index (χ0v) is 14.4. The average Bonchev–Trinajstić information content (AvgIpc) is 2.29. The van der Waals surface area contributed by atoms with Crippen molar-refractivity contribution in [2.75, 3.05) is 19.6 Å². The van der Waals surface area contributed by atoms with Gasteiger partial charge >= 0.3 is 0 Å². The Balaban J connectivity index is 1.84. The molecule has 2 saturated heterocycles. The summed E-state index contributed by atoms with van der Waals surface area (Å²) in [4.78, 5) is 28.6. The summed E-state index contributed by atoms with van der Waals surface area (Å²) in [6.07, 6.45) is 2.00. The molecule has 2 aliphatic rings. The summed E-state index contributed by atoms with van der Waals surface area (Å²) in [7, 11) is 0. The predicted octanol–water partition coefficient (Wildman–Crippen LogP) is 2.53. The van der Waals surface area contributed by atoms with Gasteiger partial charge in [0.15, 0.2) is 0 Å². The molecule has 4 nitrogen and oxygen atoms in total. The van der Waals surface area contributed by atoms with Crippen molar-refractivity contribution >= 4 is 11.8 Å². The average molecular weight is 294 g/mol. The summed E-state index contributed by atoms with van der Waals surface area (Å²) in [5.74, 6) is 0.966. The van der Waals surface area contributed by atoms with Gasteiger partial charge in [-0.15, -0.1) is 0 Å². The Kier molecular flexibility index (Phi) is 4.11. The molecule has 0 aliphatic carbocycles. The number of amides is 2. The van der Waals surface area contributed by atoms with Gasteiger partial charge in [0.05, 0.1) is 0 Å². The first kappa shape index (κ1) is 16.3. The van der Waals surface area contributed by atoms with Crippen LogP contribution in [0.3, 0.4) is 0 Å². The van der Waals surface area contributed by atoms with E-state index in [0.717, 1.165) is 32.5 Å². The minimum Gasteiger partial charge on any atom is -0.342 e. The normalized spacial score (nSPS) is 23.6. The van der Waals surface area contributed by atoms with Crippen molar-refractivity contribution in [3.05, 3.63) is 0 Å². The van der Waals surface area contributed by atoms with E-state index in [1.807, 2.05) is 30.6 Å². The van der Waals surface area contributed by atoms with E-state index in [0.29, 0.717) is 12.0 Å². The molecule has 4 heteroatoms. The minimum atomic E-state index is -0.309. The number of nitrogens with zero attached hydrogens (tertiary/aromatic N) is 2. The molecule has 2 amide bonds. The molecular formula is C17H30N2O2. The summed E-state index contributed by atoms with van der Waals surface area (Å²) in [5, 5.41) is 0. The molecule has 0 aromatic carbocycles. The maximum atomic E-state index is 12.6. The molecule has 2 heterocycles. The highest BCUT2D eigenvalue weighted by molar-refractivity contribution is 5.83. The second-order valence-electron chi connectivity index (χ2n) is 8.55. The smallest absolute Gasteiger partial charge is 0.228 e. The zero-order chi connectivity index (χ0) is 16.0. The van der Waals surface area contributed by atoms with Gasteiger partial charge in [0, 0.05) is 36.5 Å². The van der Waals surface area contributed by atoms with Gasteiger partial charge in [0.25, 0.3) is 0 Å². The number of hydrogen-bond donors (Lipinski definition) is 0. The highest BCUT2D eigenvalue weighted by Crippen LogP contribution is 2.36. The number of carbonyl (C=O) groups excluding carboxylic acids is 2. The van der Waals surface area contributed by atoms with Crippen LogP contribution < -0.4 is 0 Å². The van der Waals surface area contributed by atoms with Crippen LogP contribution in [0.1, 0.15) is 54.4 Å². The highest BCUT2D eigenvalue weighted by Gasteiger charge is 2.43. The monoisotopic (exact) mass is 294 g/mol. The summed E-state index contributed by atoms with van der Waals surface area (Å²) in [5.41, 5.74) is -0.612. The molecule has 2 rings (SSSR count). The van der Waals surface area contributed by atoms with Crippen molar-refractivity contribution in [2.45, 2.75) is 60.4 Å². The van der Waals surface area contributed by atoms with E-state index >= 15 is 0 Å². The molecule has 0 bridgehead atoms. The van der Waals surface area contributed by atoms with Gasteiger partial charge in [0.2, 0.25) is 11.8 Å². The molecule has 2 aliphatic heterocycles. The number of carbonyl (C=O) groups is 2. The fourth-order valence-corrected chi connectivity index (χ4v) is 3.36. The zero-order valence-electron chi connectivity index (χ0n) is 14.4. The van der Waals surface area contributed by atoms with Crippen molar-refractivity contribution in [1.82, 2.24) is 9.80 Å². The molecule has 1 atom stereocenters. The van der Waals surface area contributed by atoms with Crippen molar-refractivity contribution in [1.29, 1.82) is 0 Å². The van der Waals surface area contributed by atoms with E-state index in [2.05, 4.69) is 20.8 Å². The van der Waals surface area contributed by atoms with E-state index in [1.165, 1.54) is 0 Å². The summed E-state index contributed by atoms with van der Waals surface area (Å²) >= 11 is 0. The maximum absolute atomic E-state index is 12.6. The Morgan fingerprint density at radius 2 is 1.62 bits per heavy atom. The van der Waals surface area contributed by atoms with Gasteiger partial charge in [-0.25, -0.2) is 0 Å². The number of likely N-dealkylation sites (tertiary alicyclic amines) is 2. The Hall–Kier alpha value is -1.06. The third kappa shape index (κ3) is 3.24. The maximum Gasteiger partial charge on any atom is 0.228 e. The molecule has 21 heavy (non-hydrogen) atoms. The summed E-state index contributed by atoms with van der Waals surface area (Å²) in [6.45, 7) is 14.6. The van der Waals surface area contributed by atoms with Gasteiger partial charge in [-0.2, -0.15) is 0 Å². The molecule has 0 aromatic rings. The van der Waals surface area contributed by atoms with Gasteiger partial charge in [-0.05, 0) is 25.7 Å². The highest BCUT2D eigenvalue weighted by atomic mass is 16.2. The number of hydrogen-bond acceptors (Lipinski definition) is 2. The van der Waals surface area contributed by atoms with Gasteiger partial charge in [0.1, 0.15) is 0 Å². The van der Waals surface area contributed by atoms with Crippen LogP contribution in [0.25, 0.3) is 0 Å². The molecule has 0 unspecified atom stereocenters. The molecule has 0 radical (unpaired) electrons. The van der Waals surface area contributed by atoms with Crippen LogP contribution in [0.2, 0.25) is 0 Å². The molecule has 0 spiro atoms. The quantitative estimate of drug-likeness (QED) is 0.802. The largest absolute Gasteiger partial charge is 0.342 e. The van der Waals surface area contributed by atoms with Crippen LogP contribution in [-0.4, -0.2) is 47.3 Å². The molecular weight excluding hydrogens is 264 g/mol. The molecule has 120 valence electrons. The third-order valence-electron chi connectivity index (χ3n) is 4.84. The van der Waals surface area contributed by atoms with Gasteiger partial charge in [-0.3, -0.25) is 9.59 Å². The van der Waals surface area contributed by atoms with Crippen LogP contribution in [0.4, 0.5) is 0 Å². The van der Waals surface area contributed by atoms with Crippen LogP contribution in [-0.2, 0) is 9.59 Å². The SMILES string of the molecule is C[C@@H]1CCN1C(=O)C(C)(C)CC1CN(C(=O)C(C)(C)C)C1. The fraction of sp³-hybridized carbons (Fsp3) is 0.882. The van der Waals surface area contributed by atoms with Crippen LogP contribution >= 0.6 is 0 Å². The van der Waals surface area contributed by atoms with Crippen LogP contribution in [0.5, 0.6) is 0 Å². The van der Waals surface area contributed by atoms with Gasteiger partial charge < -0.3 is 9.80 Å². The topological polar surface area (TPSA) is 40.6 Å². The van der Waals surface area contributed by atoms with Crippen molar-refractivity contribution in [3.8, 4) is 0 Å². The van der Waals surface area contributed by atoms with E-state index in [4.69, 9.17) is 0 Å². The third-order valence-corrected chi connectivity index (χ3v) is 4.84. The standard InChI is InChI=1S/C17H30N2O2/c1-12-7-8-19(12)15(21)17(5,6)9-13-10-18(11-13)14(20)16(2,3)4/h12-13H,7-11H2,1-6H3/t12-/m1/s1.